The van der Waals surface area contributed by atoms with Gasteiger partial charge >= 0.3 is 0 Å². The van der Waals surface area contributed by atoms with Gasteiger partial charge in [0.1, 0.15) is 11.8 Å². The molecule has 2 N–H and O–H groups in total. The molecule has 0 bridgehead atoms. The molecular formula is C31H41N3O4. The second-order valence-electron chi connectivity index (χ2n) is 12.4. The standard InChI is InChI=1S/C31H41N3O4/c1-31(2,3)17-22(30(37)34-23(18-32)14-20-7-6-12-33-29(20)36)16-27(35)21-13-19-10-11-24(19)25-8-5-9-28(38-4)26(25)15-21/h5,8-9,15,19-20,22-24H,6-7,10-14,16-17H2,1-4H3,(H,33,36)(H,34,37)/t19-,20-,22-,23-,24?/m0/s1. The molecule has 0 aromatic heterocycles. The fourth-order valence-electron chi connectivity index (χ4n) is 6.28. The number of fused-ring (bicyclic) bond motifs is 3. The Morgan fingerprint density at radius 3 is 2.66 bits per heavy atom. The molecule has 1 unspecified atom stereocenters. The zero-order chi connectivity index (χ0) is 27.4. The van der Waals surface area contributed by atoms with Crippen LogP contribution in [0.2, 0.25) is 0 Å². The number of hydrogen-bond acceptors (Lipinski definition) is 5. The van der Waals surface area contributed by atoms with E-state index in [0.717, 1.165) is 36.1 Å². The molecule has 2 fully saturated rings. The van der Waals surface area contributed by atoms with Crippen molar-refractivity contribution in [3.05, 3.63) is 34.9 Å². The predicted molar refractivity (Wildman–Crippen MR) is 146 cm³/mol. The van der Waals surface area contributed by atoms with Crippen LogP contribution >= 0.6 is 0 Å². The van der Waals surface area contributed by atoms with Crippen molar-refractivity contribution in [2.45, 2.75) is 84.1 Å². The summed E-state index contributed by atoms with van der Waals surface area (Å²) in [5.74, 6) is 0.436. The van der Waals surface area contributed by atoms with E-state index in [1.807, 2.05) is 18.2 Å². The van der Waals surface area contributed by atoms with Crippen molar-refractivity contribution in [3.8, 4) is 11.8 Å². The molecule has 7 heteroatoms. The third-order valence-electron chi connectivity index (χ3n) is 8.35. The zero-order valence-electron chi connectivity index (χ0n) is 23.1. The minimum Gasteiger partial charge on any atom is -0.496 e. The normalized spacial score (nSPS) is 24.1. The van der Waals surface area contributed by atoms with Crippen molar-refractivity contribution < 1.29 is 19.1 Å². The molecule has 4 rings (SSSR count). The van der Waals surface area contributed by atoms with Gasteiger partial charge in [-0.3, -0.25) is 14.4 Å². The highest BCUT2D eigenvalue weighted by Gasteiger charge is 2.38. The lowest BCUT2D eigenvalue weighted by atomic mass is 9.68. The van der Waals surface area contributed by atoms with E-state index >= 15 is 0 Å². The monoisotopic (exact) mass is 519 g/mol. The van der Waals surface area contributed by atoms with Gasteiger partial charge in [-0.05, 0) is 85.5 Å². The second-order valence-corrected chi connectivity index (χ2v) is 12.4. The summed E-state index contributed by atoms with van der Waals surface area (Å²) in [6.07, 6.45) is 7.39. The molecule has 1 saturated carbocycles. The number of ketones is 1. The number of piperidine rings is 1. The Labute approximate surface area is 226 Å². The molecule has 2 amide bonds. The Morgan fingerprint density at radius 2 is 2.03 bits per heavy atom. The molecule has 7 nitrogen and oxygen atoms in total. The van der Waals surface area contributed by atoms with Crippen molar-refractivity contribution >= 4 is 23.7 Å². The molecule has 1 saturated heterocycles. The number of rotatable bonds is 9. The summed E-state index contributed by atoms with van der Waals surface area (Å²) in [6, 6.07) is 7.48. The molecule has 3 aliphatic rings. The van der Waals surface area contributed by atoms with Gasteiger partial charge in [0.15, 0.2) is 5.78 Å². The molecule has 2 aliphatic carbocycles. The molecule has 0 radical (unpaired) electrons. The van der Waals surface area contributed by atoms with Gasteiger partial charge in [-0.25, -0.2) is 0 Å². The van der Waals surface area contributed by atoms with Crippen LogP contribution in [-0.2, 0) is 14.4 Å². The average molecular weight is 520 g/mol. The maximum absolute atomic E-state index is 13.7. The number of methoxy groups -OCH3 is 1. The van der Waals surface area contributed by atoms with Gasteiger partial charge in [-0.2, -0.15) is 5.26 Å². The molecule has 38 heavy (non-hydrogen) atoms. The average Bonchev–Trinajstić information content (AvgIpc) is 2.96. The first-order chi connectivity index (χ1) is 18.1. The summed E-state index contributed by atoms with van der Waals surface area (Å²) in [5.41, 5.74) is 2.81. The van der Waals surface area contributed by atoms with Crippen molar-refractivity contribution in [1.29, 1.82) is 5.26 Å². The summed E-state index contributed by atoms with van der Waals surface area (Å²) in [4.78, 5) is 39.4. The van der Waals surface area contributed by atoms with Crippen LogP contribution < -0.4 is 15.4 Å². The Morgan fingerprint density at radius 1 is 1.24 bits per heavy atom. The van der Waals surface area contributed by atoms with Crippen LogP contribution in [0.5, 0.6) is 5.75 Å². The number of carbonyl (C=O) groups is 3. The maximum Gasteiger partial charge on any atom is 0.224 e. The van der Waals surface area contributed by atoms with Crippen LogP contribution in [0.3, 0.4) is 0 Å². The number of Topliss-reactive ketones (excluding diaryl/α,β-unsaturated/α-hetero) is 1. The molecular weight excluding hydrogens is 478 g/mol. The van der Waals surface area contributed by atoms with E-state index in [9.17, 15) is 19.6 Å². The van der Waals surface area contributed by atoms with Gasteiger partial charge in [-0.1, -0.05) is 32.9 Å². The Bertz CT molecular complexity index is 1140. The number of amides is 2. The van der Waals surface area contributed by atoms with Crippen molar-refractivity contribution in [2.24, 2.45) is 23.2 Å². The van der Waals surface area contributed by atoms with E-state index in [4.69, 9.17) is 4.74 Å². The van der Waals surface area contributed by atoms with Crippen LogP contribution in [-0.4, -0.2) is 37.3 Å². The van der Waals surface area contributed by atoms with Gasteiger partial charge in [0.05, 0.1) is 13.2 Å². The predicted octanol–water partition coefficient (Wildman–Crippen LogP) is 4.91. The molecule has 204 valence electrons. The lowest BCUT2D eigenvalue weighted by Gasteiger charge is -2.37. The summed E-state index contributed by atoms with van der Waals surface area (Å²) >= 11 is 0. The van der Waals surface area contributed by atoms with Gasteiger partial charge in [0, 0.05) is 30.4 Å². The second kappa shape index (κ2) is 11.7. The minimum atomic E-state index is -0.766. The highest BCUT2D eigenvalue weighted by atomic mass is 16.5. The number of carbonyl (C=O) groups excluding carboxylic acids is 3. The van der Waals surface area contributed by atoms with E-state index in [1.54, 1.807) is 7.11 Å². The van der Waals surface area contributed by atoms with E-state index in [-0.39, 0.29) is 41.8 Å². The first-order valence-corrected chi connectivity index (χ1v) is 14.0. The van der Waals surface area contributed by atoms with Crippen LogP contribution in [0, 0.1) is 34.5 Å². The first-order valence-electron chi connectivity index (χ1n) is 14.0. The fraction of sp³-hybridized carbons (Fsp3) is 0.613. The summed E-state index contributed by atoms with van der Waals surface area (Å²) in [5, 5.41) is 15.5. The van der Waals surface area contributed by atoms with E-state index < -0.39 is 12.0 Å². The number of allylic oxidation sites excluding steroid dienone is 1. The smallest absolute Gasteiger partial charge is 0.224 e. The SMILES string of the molecule is COc1cccc2c1C=C(C(=O)C[C@@H](CC(C)(C)C)C(=O)N[C@H](C#N)C[C@@H]1CCCNC1=O)C[C@@H]1CCC21. The number of nitrogens with zero attached hydrogens (tertiary/aromatic N) is 1. The van der Waals surface area contributed by atoms with Gasteiger partial charge in [-0.15, -0.1) is 0 Å². The molecule has 0 spiro atoms. The van der Waals surface area contributed by atoms with Crippen LogP contribution in [0.4, 0.5) is 0 Å². The lowest BCUT2D eigenvalue weighted by Crippen LogP contribution is -2.44. The van der Waals surface area contributed by atoms with E-state index in [2.05, 4.69) is 43.5 Å². The fourth-order valence-corrected chi connectivity index (χ4v) is 6.28. The third kappa shape index (κ3) is 6.46. The molecule has 1 aliphatic heterocycles. The number of benzene rings is 1. The number of nitrogens with one attached hydrogen (secondary N) is 2. The number of hydrogen-bond donors (Lipinski definition) is 2. The largest absolute Gasteiger partial charge is 0.496 e. The van der Waals surface area contributed by atoms with E-state index in [0.29, 0.717) is 37.6 Å². The third-order valence-corrected chi connectivity index (χ3v) is 8.35. The van der Waals surface area contributed by atoms with Gasteiger partial charge in [0.25, 0.3) is 0 Å². The van der Waals surface area contributed by atoms with Crippen molar-refractivity contribution in [1.82, 2.24) is 10.6 Å². The van der Waals surface area contributed by atoms with Crippen LogP contribution in [0.1, 0.15) is 89.2 Å². The molecule has 1 aromatic rings. The molecule has 1 heterocycles. The van der Waals surface area contributed by atoms with Crippen LogP contribution in [0.15, 0.2) is 23.8 Å². The Balaban J connectivity index is 1.52. The summed E-state index contributed by atoms with van der Waals surface area (Å²) in [7, 11) is 1.65. The van der Waals surface area contributed by atoms with Gasteiger partial charge < -0.3 is 15.4 Å². The van der Waals surface area contributed by atoms with Crippen molar-refractivity contribution in [3.63, 3.8) is 0 Å². The Kier molecular flexibility index (Phi) is 8.60. The number of ether oxygens (including phenoxy) is 1. The Hall–Kier alpha value is -3.14. The highest BCUT2D eigenvalue weighted by Crippen LogP contribution is 2.51. The van der Waals surface area contributed by atoms with Crippen molar-refractivity contribution in [2.75, 3.05) is 13.7 Å². The molecule has 1 aromatic carbocycles. The topological polar surface area (TPSA) is 108 Å². The first kappa shape index (κ1) is 27.9. The van der Waals surface area contributed by atoms with E-state index in [1.165, 1.54) is 5.56 Å². The summed E-state index contributed by atoms with van der Waals surface area (Å²) < 4.78 is 5.64. The summed E-state index contributed by atoms with van der Waals surface area (Å²) in [6.45, 7) is 6.81. The zero-order valence-corrected chi connectivity index (χ0v) is 23.1. The van der Waals surface area contributed by atoms with Gasteiger partial charge in [0.2, 0.25) is 11.8 Å². The molecule has 5 atom stereocenters. The highest BCUT2D eigenvalue weighted by molar-refractivity contribution is 6.02. The van der Waals surface area contributed by atoms with Crippen LogP contribution in [0.25, 0.3) is 6.08 Å². The quantitative estimate of drug-likeness (QED) is 0.482. The number of nitriles is 1. The maximum atomic E-state index is 13.7. The lowest BCUT2D eigenvalue weighted by molar-refractivity contribution is -0.130. The minimum absolute atomic E-state index is 0.0148.